The summed E-state index contributed by atoms with van der Waals surface area (Å²) in [5.41, 5.74) is 2.69. The van der Waals surface area contributed by atoms with Crippen molar-refractivity contribution in [2.75, 3.05) is 25.1 Å². The van der Waals surface area contributed by atoms with E-state index in [0.29, 0.717) is 38.7 Å². The summed E-state index contributed by atoms with van der Waals surface area (Å²) in [6.07, 6.45) is 1.24. The molecule has 1 saturated heterocycles. The van der Waals surface area contributed by atoms with Crippen LogP contribution in [-0.2, 0) is 9.53 Å². The number of ether oxygens (including phenoxy) is 1. The summed E-state index contributed by atoms with van der Waals surface area (Å²) < 4.78 is 5.61. The van der Waals surface area contributed by atoms with Crippen molar-refractivity contribution in [3.8, 4) is 0 Å². The minimum Gasteiger partial charge on any atom is -0.376 e. The zero-order chi connectivity index (χ0) is 22.0. The van der Waals surface area contributed by atoms with Crippen LogP contribution in [0.1, 0.15) is 24.0 Å². The van der Waals surface area contributed by atoms with Crippen molar-refractivity contribution in [1.29, 1.82) is 0 Å². The summed E-state index contributed by atoms with van der Waals surface area (Å²) in [5, 5.41) is 7.59. The quantitative estimate of drug-likeness (QED) is 0.657. The molecule has 2 atom stereocenters. The maximum atomic E-state index is 13.2. The Morgan fingerprint density at radius 2 is 2.06 bits per heavy atom. The Kier molecular flexibility index (Phi) is 6.77. The van der Waals surface area contributed by atoms with E-state index in [0.717, 1.165) is 25.0 Å². The molecule has 6 nitrogen and oxygen atoms in total. The lowest BCUT2D eigenvalue weighted by Crippen LogP contribution is -2.50. The van der Waals surface area contributed by atoms with Gasteiger partial charge in [-0.3, -0.25) is 4.79 Å². The van der Waals surface area contributed by atoms with Gasteiger partial charge in [-0.15, -0.1) is 0 Å². The van der Waals surface area contributed by atoms with E-state index >= 15 is 0 Å². The van der Waals surface area contributed by atoms with Crippen molar-refractivity contribution < 1.29 is 9.53 Å². The predicted octanol–water partition coefficient (Wildman–Crippen LogP) is 3.78. The van der Waals surface area contributed by atoms with Crippen molar-refractivity contribution in [2.24, 2.45) is 4.99 Å². The lowest BCUT2D eigenvalue weighted by molar-refractivity contribution is -0.119. The SMILES string of the molecule is CN1C(=O)C(NC(=S)NCC2CCCO2)N=C(c2ccccc2Cl)c2cc(Cl)ccc21. The Morgan fingerprint density at radius 1 is 1.26 bits per heavy atom. The number of benzodiazepines with no additional fused rings is 1. The molecule has 4 rings (SSSR count). The van der Waals surface area contributed by atoms with E-state index < -0.39 is 6.17 Å². The Bertz CT molecular complexity index is 1040. The zero-order valence-corrected chi connectivity index (χ0v) is 19.2. The summed E-state index contributed by atoms with van der Waals surface area (Å²) in [7, 11) is 1.71. The Hall–Kier alpha value is -2.19. The summed E-state index contributed by atoms with van der Waals surface area (Å²) in [4.78, 5) is 19.5. The number of amides is 1. The molecule has 0 spiro atoms. The number of carbonyl (C=O) groups is 1. The molecule has 2 N–H and O–H groups in total. The van der Waals surface area contributed by atoms with Gasteiger partial charge in [-0.1, -0.05) is 41.4 Å². The molecular weight excluding hydrogens is 455 g/mol. The van der Waals surface area contributed by atoms with Crippen molar-refractivity contribution in [3.63, 3.8) is 0 Å². The second-order valence-corrected chi connectivity index (χ2v) is 8.66. The van der Waals surface area contributed by atoms with E-state index in [9.17, 15) is 4.79 Å². The summed E-state index contributed by atoms with van der Waals surface area (Å²) in [6.45, 7) is 1.35. The maximum absolute atomic E-state index is 13.2. The average molecular weight is 477 g/mol. The fourth-order valence-electron chi connectivity index (χ4n) is 3.70. The van der Waals surface area contributed by atoms with Crippen LogP contribution in [0, 0.1) is 0 Å². The van der Waals surface area contributed by atoms with Crippen molar-refractivity contribution in [3.05, 3.63) is 63.6 Å². The van der Waals surface area contributed by atoms with Crippen LogP contribution in [0.2, 0.25) is 10.0 Å². The van der Waals surface area contributed by atoms with Gasteiger partial charge in [0.1, 0.15) is 0 Å². The van der Waals surface area contributed by atoms with Crippen LogP contribution in [0.5, 0.6) is 0 Å². The van der Waals surface area contributed by atoms with Crippen molar-refractivity contribution in [2.45, 2.75) is 25.1 Å². The molecular formula is C22H22Cl2N4O2S. The molecule has 2 aromatic rings. The second-order valence-electron chi connectivity index (χ2n) is 7.41. The highest BCUT2D eigenvalue weighted by molar-refractivity contribution is 7.80. The number of hydrogen-bond acceptors (Lipinski definition) is 4. The first-order valence-corrected chi connectivity index (χ1v) is 11.2. The average Bonchev–Trinajstić information content (AvgIpc) is 3.25. The van der Waals surface area contributed by atoms with Crippen LogP contribution < -0.4 is 15.5 Å². The van der Waals surface area contributed by atoms with E-state index in [4.69, 9.17) is 45.1 Å². The summed E-state index contributed by atoms with van der Waals surface area (Å²) in [6, 6.07) is 12.7. The molecule has 0 aliphatic carbocycles. The van der Waals surface area contributed by atoms with Gasteiger partial charge in [0.05, 0.1) is 17.5 Å². The molecule has 1 fully saturated rings. The number of aliphatic imine (C=N–C) groups is 1. The van der Waals surface area contributed by atoms with Gasteiger partial charge in [0.25, 0.3) is 5.91 Å². The van der Waals surface area contributed by atoms with Crippen LogP contribution in [-0.4, -0.2) is 49.2 Å². The van der Waals surface area contributed by atoms with Gasteiger partial charge >= 0.3 is 0 Å². The minimum atomic E-state index is -0.924. The molecule has 2 unspecified atom stereocenters. The third kappa shape index (κ3) is 4.85. The Morgan fingerprint density at radius 3 is 2.81 bits per heavy atom. The van der Waals surface area contributed by atoms with Crippen molar-refractivity contribution in [1.82, 2.24) is 10.6 Å². The highest BCUT2D eigenvalue weighted by atomic mass is 35.5. The number of nitrogens with one attached hydrogen (secondary N) is 2. The standard InChI is InChI=1S/C22H22Cl2N4O2S/c1-28-18-9-8-13(23)11-16(18)19(15-6-2-3-7-17(15)24)26-20(21(28)29)27-22(31)25-12-14-5-4-10-30-14/h2-3,6-9,11,14,20H,4-5,10,12H2,1H3,(H2,25,27,31). The van der Waals surface area contributed by atoms with Crippen molar-refractivity contribution >= 4 is 57.8 Å². The fourth-order valence-corrected chi connectivity index (χ4v) is 4.29. The van der Waals surface area contributed by atoms with Gasteiger partial charge < -0.3 is 20.3 Å². The van der Waals surface area contributed by atoms with Gasteiger partial charge in [-0.05, 0) is 49.3 Å². The monoisotopic (exact) mass is 476 g/mol. The number of likely N-dealkylation sites (N-methyl/N-ethyl adjacent to an activating group) is 1. The third-order valence-corrected chi connectivity index (χ3v) is 6.14. The number of fused-ring (bicyclic) bond motifs is 1. The van der Waals surface area contributed by atoms with Gasteiger partial charge in [0, 0.05) is 41.4 Å². The van der Waals surface area contributed by atoms with Crippen LogP contribution in [0.3, 0.4) is 0 Å². The maximum Gasteiger partial charge on any atom is 0.272 e. The third-order valence-electron chi connectivity index (χ3n) is 5.31. The first-order chi connectivity index (χ1) is 14.9. The molecule has 31 heavy (non-hydrogen) atoms. The molecule has 9 heteroatoms. The molecule has 0 saturated carbocycles. The van der Waals surface area contributed by atoms with E-state index in [1.54, 1.807) is 36.2 Å². The lowest BCUT2D eigenvalue weighted by Gasteiger charge is -2.22. The Labute approximate surface area is 196 Å². The number of carbonyl (C=O) groups excluding carboxylic acids is 1. The number of halogens is 2. The highest BCUT2D eigenvalue weighted by Crippen LogP contribution is 2.31. The molecule has 2 aromatic carbocycles. The van der Waals surface area contributed by atoms with Crippen LogP contribution in [0.15, 0.2) is 47.5 Å². The zero-order valence-electron chi connectivity index (χ0n) is 16.9. The van der Waals surface area contributed by atoms with Gasteiger partial charge in [0.15, 0.2) is 5.11 Å². The fraction of sp³-hybridized carbons (Fsp3) is 0.318. The smallest absolute Gasteiger partial charge is 0.272 e. The predicted molar refractivity (Wildman–Crippen MR) is 128 cm³/mol. The van der Waals surface area contributed by atoms with Gasteiger partial charge in [-0.2, -0.15) is 0 Å². The van der Waals surface area contributed by atoms with Crippen LogP contribution in [0.4, 0.5) is 5.69 Å². The molecule has 2 aliphatic heterocycles. The Balaban J connectivity index is 1.68. The largest absolute Gasteiger partial charge is 0.376 e. The van der Waals surface area contributed by atoms with Crippen LogP contribution >= 0.6 is 35.4 Å². The summed E-state index contributed by atoms with van der Waals surface area (Å²) >= 11 is 18.2. The number of nitrogens with zero attached hydrogens (tertiary/aromatic N) is 2. The molecule has 162 valence electrons. The molecule has 2 aliphatic rings. The minimum absolute atomic E-state index is 0.126. The second kappa shape index (κ2) is 9.53. The normalized spacial score (nSPS) is 20.7. The molecule has 2 heterocycles. The van der Waals surface area contributed by atoms with Gasteiger partial charge in [-0.25, -0.2) is 4.99 Å². The first-order valence-electron chi connectivity index (χ1n) is 10.00. The number of hydrogen-bond donors (Lipinski definition) is 2. The highest BCUT2D eigenvalue weighted by Gasteiger charge is 2.31. The molecule has 1 amide bonds. The number of rotatable bonds is 4. The molecule has 0 bridgehead atoms. The topological polar surface area (TPSA) is 66.0 Å². The van der Waals surface area contributed by atoms with Crippen LogP contribution in [0.25, 0.3) is 0 Å². The molecule has 0 aromatic heterocycles. The first kappa shape index (κ1) is 22.0. The number of benzene rings is 2. The molecule has 0 radical (unpaired) electrons. The van der Waals surface area contributed by atoms with Gasteiger partial charge in [0.2, 0.25) is 6.17 Å². The van der Waals surface area contributed by atoms with E-state index in [2.05, 4.69) is 10.6 Å². The number of thiocarbonyl (C=S) groups is 1. The van der Waals surface area contributed by atoms with E-state index in [-0.39, 0.29) is 12.0 Å². The van der Waals surface area contributed by atoms with E-state index in [1.165, 1.54) is 0 Å². The lowest BCUT2D eigenvalue weighted by atomic mass is 10.00. The summed E-state index contributed by atoms with van der Waals surface area (Å²) in [5.74, 6) is -0.244. The number of anilines is 1. The van der Waals surface area contributed by atoms with E-state index in [1.807, 2.05) is 18.2 Å².